The Morgan fingerprint density at radius 3 is 2.42 bits per heavy atom. The van der Waals surface area contributed by atoms with Gasteiger partial charge in [-0.15, -0.1) is 0 Å². The predicted octanol–water partition coefficient (Wildman–Crippen LogP) is 3.45. The van der Waals surface area contributed by atoms with Crippen molar-refractivity contribution in [1.82, 2.24) is 0 Å². The Morgan fingerprint density at radius 2 is 1.73 bits per heavy atom. The third kappa shape index (κ3) is 3.13. The molecule has 0 radical (unpaired) electrons. The summed E-state index contributed by atoms with van der Waals surface area (Å²) in [7, 11) is 0. The molecule has 132 valence electrons. The molecule has 0 bridgehead atoms. The van der Waals surface area contributed by atoms with Crippen LogP contribution in [0.25, 0.3) is 22.1 Å². The van der Waals surface area contributed by atoms with E-state index in [4.69, 9.17) is 14.9 Å². The van der Waals surface area contributed by atoms with Crippen molar-refractivity contribution < 1.29 is 13.9 Å². The van der Waals surface area contributed by atoms with E-state index >= 15 is 0 Å². The molecule has 0 saturated carbocycles. The van der Waals surface area contributed by atoms with Gasteiger partial charge < -0.3 is 14.9 Å². The number of benzene rings is 2. The lowest BCUT2D eigenvalue weighted by molar-refractivity contribution is 0.0853. The van der Waals surface area contributed by atoms with Gasteiger partial charge in [-0.05, 0) is 53.6 Å². The molecule has 2 N–H and O–H groups in total. The van der Waals surface area contributed by atoms with Crippen LogP contribution in [0.4, 0.5) is 0 Å². The molecule has 26 heavy (non-hydrogen) atoms. The Hall–Kier alpha value is -2.92. The minimum Gasteiger partial charge on any atom is -0.423 e. The van der Waals surface area contributed by atoms with E-state index in [0.717, 1.165) is 37.2 Å². The molecule has 3 aromatic rings. The van der Waals surface area contributed by atoms with Crippen LogP contribution in [-0.2, 0) is 4.74 Å². The van der Waals surface area contributed by atoms with E-state index < -0.39 is 11.5 Å². The summed E-state index contributed by atoms with van der Waals surface area (Å²) in [6.07, 6.45) is 2.05. The fourth-order valence-electron chi connectivity index (χ4n) is 3.52. The van der Waals surface area contributed by atoms with Gasteiger partial charge in [0.2, 0.25) is 5.91 Å². The highest BCUT2D eigenvalue weighted by atomic mass is 16.5. The van der Waals surface area contributed by atoms with Gasteiger partial charge >= 0.3 is 5.63 Å². The highest BCUT2D eigenvalue weighted by Gasteiger charge is 2.16. The first-order valence-electron chi connectivity index (χ1n) is 8.67. The van der Waals surface area contributed by atoms with E-state index in [1.165, 1.54) is 11.6 Å². The quantitative estimate of drug-likeness (QED) is 0.734. The minimum atomic E-state index is -0.515. The van der Waals surface area contributed by atoms with Crippen LogP contribution >= 0.6 is 0 Å². The molecule has 2 heterocycles. The fraction of sp³-hybridized carbons (Fsp3) is 0.238. The zero-order valence-corrected chi connectivity index (χ0v) is 14.2. The number of rotatable bonds is 3. The summed E-state index contributed by atoms with van der Waals surface area (Å²) in [5.74, 6) is -0.00392. The molecule has 5 nitrogen and oxygen atoms in total. The summed E-state index contributed by atoms with van der Waals surface area (Å²) in [4.78, 5) is 23.4. The number of fused-ring (bicyclic) bond motifs is 1. The number of ether oxygens (including phenoxy) is 1. The summed E-state index contributed by atoms with van der Waals surface area (Å²) < 4.78 is 10.7. The highest BCUT2D eigenvalue weighted by molar-refractivity contribution is 6.00. The molecule has 2 aromatic carbocycles. The van der Waals surface area contributed by atoms with Crippen molar-refractivity contribution in [3.63, 3.8) is 0 Å². The van der Waals surface area contributed by atoms with Gasteiger partial charge in [-0.3, -0.25) is 4.79 Å². The Kier molecular flexibility index (Phi) is 4.31. The van der Waals surface area contributed by atoms with Crippen LogP contribution < -0.4 is 11.4 Å². The lowest BCUT2D eigenvalue weighted by Gasteiger charge is -2.22. The van der Waals surface area contributed by atoms with Gasteiger partial charge in [0.15, 0.2) is 0 Å². The molecule has 1 amide bonds. The smallest absolute Gasteiger partial charge is 0.336 e. The molecule has 1 fully saturated rings. The average molecular weight is 349 g/mol. The van der Waals surface area contributed by atoms with E-state index in [2.05, 4.69) is 12.1 Å². The van der Waals surface area contributed by atoms with E-state index in [0.29, 0.717) is 22.5 Å². The van der Waals surface area contributed by atoms with Gasteiger partial charge in [-0.2, -0.15) is 0 Å². The summed E-state index contributed by atoms with van der Waals surface area (Å²) in [6.45, 7) is 1.60. The van der Waals surface area contributed by atoms with Crippen molar-refractivity contribution in [1.29, 1.82) is 0 Å². The maximum Gasteiger partial charge on any atom is 0.336 e. The third-order valence-electron chi connectivity index (χ3n) is 4.94. The van der Waals surface area contributed by atoms with Crippen molar-refractivity contribution in [3.8, 4) is 11.1 Å². The lowest BCUT2D eigenvalue weighted by atomic mass is 9.90. The lowest BCUT2D eigenvalue weighted by Crippen LogP contribution is -2.13. The summed E-state index contributed by atoms with van der Waals surface area (Å²) in [6, 6.07) is 14.5. The van der Waals surface area contributed by atoms with Gasteiger partial charge in [0.1, 0.15) is 5.58 Å². The van der Waals surface area contributed by atoms with Gasteiger partial charge in [-0.1, -0.05) is 24.3 Å². The Morgan fingerprint density at radius 1 is 1.00 bits per heavy atom. The molecule has 1 aliphatic rings. The third-order valence-corrected chi connectivity index (χ3v) is 4.94. The largest absolute Gasteiger partial charge is 0.423 e. The van der Waals surface area contributed by atoms with E-state index in [9.17, 15) is 9.59 Å². The second kappa shape index (κ2) is 6.77. The first-order chi connectivity index (χ1) is 12.6. The second-order valence-electron chi connectivity index (χ2n) is 6.56. The zero-order chi connectivity index (χ0) is 18.1. The SMILES string of the molecule is NC(=O)c1ccc2oc(=O)cc(-c3ccc(C4CCOCC4)cc3)c2c1. The molecule has 1 aliphatic heterocycles. The van der Waals surface area contributed by atoms with Crippen LogP contribution in [0, 0.1) is 0 Å². The normalized spacial score (nSPS) is 15.2. The Labute approximate surface area is 150 Å². The van der Waals surface area contributed by atoms with Crippen LogP contribution in [0.15, 0.2) is 57.7 Å². The Bertz CT molecular complexity index is 1010. The summed E-state index contributed by atoms with van der Waals surface area (Å²) in [5, 5.41) is 0.694. The van der Waals surface area contributed by atoms with E-state index in [1.807, 2.05) is 12.1 Å². The first kappa shape index (κ1) is 16.5. The molecular formula is C21H19NO4. The minimum absolute atomic E-state index is 0.381. The summed E-state index contributed by atoms with van der Waals surface area (Å²) in [5.41, 5.74) is 8.70. The highest BCUT2D eigenvalue weighted by Crippen LogP contribution is 2.31. The number of primary amides is 1. The molecule has 1 aromatic heterocycles. The number of carbonyl (C=O) groups excluding carboxylic acids is 1. The maximum absolute atomic E-state index is 11.9. The predicted molar refractivity (Wildman–Crippen MR) is 99.2 cm³/mol. The number of carbonyl (C=O) groups is 1. The molecule has 1 saturated heterocycles. The summed E-state index contributed by atoms with van der Waals surface area (Å²) >= 11 is 0. The van der Waals surface area contributed by atoms with Gasteiger partial charge in [0.05, 0.1) is 0 Å². The molecule has 0 aliphatic carbocycles. The molecule has 4 rings (SSSR count). The monoisotopic (exact) mass is 349 g/mol. The van der Waals surface area contributed by atoms with Gasteiger partial charge in [-0.25, -0.2) is 4.79 Å². The standard InChI is InChI=1S/C21H19NO4/c22-21(24)16-5-6-19-18(11-16)17(12-20(23)26-19)15-3-1-13(2-4-15)14-7-9-25-10-8-14/h1-6,11-12,14H,7-10H2,(H2,22,24). The topological polar surface area (TPSA) is 82.5 Å². The number of hydrogen-bond acceptors (Lipinski definition) is 4. The number of hydrogen-bond donors (Lipinski definition) is 1. The van der Waals surface area contributed by atoms with Crippen LogP contribution in [-0.4, -0.2) is 19.1 Å². The molecule has 0 spiro atoms. The zero-order valence-electron chi connectivity index (χ0n) is 14.2. The number of nitrogens with two attached hydrogens (primary N) is 1. The van der Waals surface area contributed by atoms with Gasteiger partial charge in [0.25, 0.3) is 0 Å². The Balaban J connectivity index is 1.78. The number of amides is 1. The van der Waals surface area contributed by atoms with Crippen molar-refractivity contribution in [2.45, 2.75) is 18.8 Å². The molecular weight excluding hydrogens is 330 g/mol. The molecule has 5 heteroatoms. The van der Waals surface area contributed by atoms with Crippen LogP contribution in [0.3, 0.4) is 0 Å². The van der Waals surface area contributed by atoms with Crippen molar-refractivity contribution in [2.24, 2.45) is 5.73 Å². The van der Waals surface area contributed by atoms with Gasteiger partial charge in [0, 0.05) is 30.2 Å². The van der Waals surface area contributed by atoms with Crippen molar-refractivity contribution in [2.75, 3.05) is 13.2 Å². The van der Waals surface area contributed by atoms with E-state index in [-0.39, 0.29) is 0 Å². The molecule has 0 unspecified atom stereocenters. The van der Waals surface area contributed by atoms with E-state index in [1.54, 1.807) is 18.2 Å². The van der Waals surface area contributed by atoms with Crippen molar-refractivity contribution >= 4 is 16.9 Å². The second-order valence-corrected chi connectivity index (χ2v) is 6.56. The fourth-order valence-corrected chi connectivity index (χ4v) is 3.52. The van der Waals surface area contributed by atoms with Crippen LogP contribution in [0.1, 0.15) is 34.7 Å². The van der Waals surface area contributed by atoms with Crippen molar-refractivity contribution in [3.05, 3.63) is 70.1 Å². The van der Waals surface area contributed by atoms with Crippen LogP contribution in [0.5, 0.6) is 0 Å². The molecule has 0 atom stereocenters. The average Bonchev–Trinajstić information content (AvgIpc) is 2.67. The van der Waals surface area contributed by atoms with Crippen LogP contribution in [0.2, 0.25) is 0 Å². The maximum atomic E-state index is 11.9. The first-order valence-corrected chi connectivity index (χ1v) is 8.67.